The number of hydrogen-bond donors (Lipinski definition) is 2. The van der Waals surface area contributed by atoms with E-state index in [4.69, 9.17) is 10.6 Å². The highest BCUT2D eigenvalue weighted by Crippen LogP contribution is 2.29. The molecule has 1 unspecified atom stereocenters. The van der Waals surface area contributed by atoms with Crippen molar-refractivity contribution in [3.63, 3.8) is 0 Å². The van der Waals surface area contributed by atoms with Crippen LogP contribution in [0.3, 0.4) is 0 Å². The fraction of sp³-hybridized carbons (Fsp3) is 0.455. The van der Waals surface area contributed by atoms with Crippen molar-refractivity contribution in [1.82, 2.24) is 9.97 Å². The average Bonchev–Trinajstić information content (AvgIpc) is 2.85. The highest BCUT2D eigenvalue weighted by atomic mass is 32.1. The molecule has 1 aliphatic heterocycles. The van der Waals surface area contributed by atoms with Gasteiger partial charge in [-0.25, -0.2) is 10.8 Å². The number of hydrazine groups is 1. The van der Waals surface area contributed by atoms with Gasteiger partial charge in [-0.2, -0.15) is 4.98 Å². The first kappa shape index (κ1) is 11.6. The molecule has 0 saturated carbocycles. The second kappa shape index (κ2) is 4.68. The van der Waals surface area contributed by atoms with Crippen molar-refractivity contribution in [2.45, 2.75) is 13.0 Å². The molecule has 2 aromatic rings. The van der Waals surface area contributed by atoms with Crippen LogP contribution in [0.25, 0.3) is 10.2 Å². The SMILES string of the molecule is CC1CN(c2nc(NN)nc3sccc23)CCO1. The summed E-state index contributed by atoms with van der Waals surface area (Å²) in [5.74, 6) is 6.81. The van der Waals surface area contributed by atoms with E-state index in [2.05, 4.69) is 33.3 Å². The van der Waals surface area contributed by atoms with Crippen LogP contribution >= 0.6 is 11.3 Å². The molecule has 18 heavy (non-hydrogen) atoms. The Kier molecular flexibility index (Phi) is 3.02. The Bertz CT molecular complexity index is 557. The van der Waals surface area contributed by atoms with Gasteiger partial charge in [0.05, 0.1) is 18.1 Å². The minimum absolute atomic E-state index is 0.219. The molecule has 7 heteroatoms. The van der Waals surface area contributed by atoms with Crippen molar-refractivity contribution in [3.05, 3.63) is 11.4 Å². The fourth-order valence-corrected chi connectivity index (χ4v) is 2.91. The Labute approximate surface area is 109 Å². The van der Waals surface area contributed by atoms with Crippen LogP contribution in [0, 0.1) is 0 Å². The van der Waals surface area contributed by atoms with Crippen molar-refractivity contribution in [3.8, 4) is 0 Å². The van der Waals surface area contributed by atoms with Crippen LogP contribution in [0.5, 0.6) is 0 Å². The Morgan fingerprint density at radius 1 is 1.56 bits per heavy atom. The number of nitrogens with one attached hydrogen (secondary N) is 1. The van der Waals surface area contributed by atoms with E-state index < -0.39 is 0 Å². The number of fused-ring (bicyclic) bond motifs is 1. The number of nitrogens with zero attached hydrogens (tertiary/aromatic N) is 3. The number of hydrogen-bond acceptors (Lipinski definition) is 7. The molecule has 0 bridgehead atoms. The van der Waals surface area contributed by atoms with E-state index in [-0.39, 0.29) is 6.10 Å². The van der Waals surface area contributed by atoms with Gasteiger partial charge in [-0.05, 0) is 18.4 Å². The second-order valence-electron chi connectivity index (χ2n) is 4.28. The minimum Gasteiger partial charge on any atom is -0.375 e. The van der Waals surface area contributed by atoms with Crippen molar-refractivity contribution in [1.29, 1.82) is 0 Å². The zero-order chi connectivity index (χ0) is 12.5. The highest BCUT2D eigenvalue weighted by Gasteiger charge is 2.21. The lowest BCUT2D eigenvalue weighted by molar-refractivity contribution is 0.0530. The first-order valence-corrected chi connectivity index (χ1v) is 6.74. The quantitative estimate of drug-likeness (QED) is 0.627. The highest BCUT2D eigenvalue weighted by molar-refractivity contribution is 7.16. The molecule has 3 N–H and O–H groups in total. The average molecular weight is 265 g/mol. The predicted octanol–water partition coefficient (Wildman–Crippen LogP) is 1.20. The van der Waals surface area contributed by atoms with E-state index in [9.17, 15) is 0 Å². The molecule has 0 amide bonds. The van der Waals surface area contributed by atoms with Crippen molar-refractivity contribution in [2.24, 2.45) is 5.84 Å². The zero-order valence-electron chi connectivity index (χ0n) is 10.1. The molecule has 6 nitrogen and oxygen atoms in total. The summed E-state index contributed by atoms with van der Waals surface area (Å²) in [5, 5.41) is 3.10. The Balaban J connectivity index is 2.05. The molecule has 1 aliphatic rings. The fourth-order valence-electron chi connectivity index (χ4n) is 2.16. The maximum Gasteiger partial charge on any atom is 0.240 e. The van der Waals surface area contributed by atoms with E-state index in [1.54, 1.807) is 11.3 Å². The topological polar surface area (TPSA) is 76.3 Å². The summed E-state index contributed by atoms with van der Waals surface area (Å²) in [6, 6.07) is 2.05. The van der Waals surface area contributed by atoms with Gasteiger partial charge in [-0.1, -0.05) is 0 Å². The van der Waals surface area contributed by atoms with Gasteiger partial charge >= 0.3 is 0 Å². The lowest BCUT2D eigenvalue weighted by atomic mass is 10.2. The van der Waals surface area contributed by atoms with Crippen LogP contribution in [0.2, 0.25) is 0 Å². The van der Waals surface area contributed by atoms with Crippen molar-refractivity contribution < 1.29 is 4.74 Å². The molecule has 3 heterocycles. The molecular weight excluding hydrogens is 250 g/mol. The number of rotatable bonds is 2. The van der Waals surface area contributed by atoms with Crippen molar-refractivity contribution in [2.75, 3.05) is 30.0 Å². The third-order valence-corrected chi connectivity index (χ3v) is 3.78. The van der Waals surface area contributed by atoms with Gasteiger partial charge in [0.25, 0.3) is 0 Å². The van der Waals surface area contributed by atoms with Crippen molar-refractivity contribution >= 4 is 33.3 Å². The Morgan fingerprint density at radius 2 is 2.44 bits per heavy atom. The number of morpholine rings is 1. The normalized spacial score (nSPS) is 20.3. The predicted molar refractivity (Wildman–Crippen MR) is 72.9 cm³/mol. The summed E-state index contributed by atoms with van der Waals surface area (Å²) in [4.78, 5) is 12.0. The minimum atomic E-state index is 0.219. The molecule has 96 valence electrons. The summed E-state index contributed by atoms with van der Waals surface area (Å²) < 4.78 is 5.56. The van der Waals surface area contributed by atoms with Crippen LogP contribution in [-0.2, 0) is 4.74 Å². The first-order chi connectivity index (χ1) is 8.78. The monoisotopic (exact) mass is 265 g/mol. The number of nitrogen functional groups attached to an aromatic ring is 1. The maximum absolute atomic E-state index is 5.56. The number of nitrogens with two attached hydrogens (primary N) is 1. The van der Waals surface area contributed by atoms with Gasteiger partial charge in [0.15, 0.2) is 0 Å². The summed E-state index contributed by atoms with van der Waals surface area (Å²) in [6.07, 6.45) is 0.219. The molecule has 3 rings (SSSR count). The third-order valence-electron chi connectivity index (χ3n) is 2.97. The number of thiophene rings is 1. The number of ether oxygens (including phenoxy) is 1. The summed E-state index contributed by atoms with van der Waals surface area (Å²) in [6.45, 7) is 4.48. The smallest absolute Gasteiger partial charge is 0.240 e. The van der Waals surface area contributed by atoms with Gasteiger partial charge in [-0.15, -0.1) is 11.3 Å². The van der Waals surface area contributed by atoms with Gasteiger partial charge in [-0.3, -0.25) is 5.43 Å². The lowest BCUT2D eigenvalue weighted by Crippen LogP contribution is -2.41. The maximum atomic E-state index is 5.56. The van der Waals surface area contributed by atoms with E-state index in [1.165, 1.54) is 0 Å². The lowest BCUT2D eigenvalue weighted by Gasteiger charge is -2.32. The first-order valence-electron chi connectivity index (χ1n) is 5.86. The van der Waals surface area contributed by atoms with E-state index in [0.29, 0.717) is 5.95 Å². The summed E-state index contributed by atoms with van der Waals surface area (Å²) >= 11 is 1.59. The van der Waals surface area contributed by atoms with Gasteiger partial charge < -0.3 is 9.64 Å². The van der Waals surface area contributed by atoms with Crippen LogP contribution in [0.1, 0.15) is 6.92 Å². The van der Waals surface area contributed by atoms with Gasteiger partial charge in [0, 0.05) is 13.1 Å². The molecule has 0 radical (unpaired) electrons. The largest absolute Gasteiger partial charge is 0.375 e. The molecule has 0 aromatic carbocycles. The molecule has 0 spiro atoms. The van der Waals surface area contributed by atoms with Gasteiger partial charge in [0.1, 0.15) is 10.6 Å². The van der Waals surface area contributed by atoms with Crippen LogP contribution in [0.4, 0.5) is 11.8 Å². The van der Waals surface area contributed by atoms with Crippen LogP contribution in [0.15, 0.2) is 11.4 Å². The molecule has 0 aliphatic carbocycles. The molecule has 1 saturated heterocycles. The van der Waals surface area contributed by atoms with E-state index >= 15 is 0 Å². The molecule has 1 fully saturated rings. The molecular formula is C11H15N5OS. The molecule has 1 atom stereocenters. The van der Waals surface area contributed by atoms with E-state index in [0.717, 1.165) is 35.7 Å². The third kappa shape index (κ3) is 2.00. The Hall–Kier alpha value is -1.44. The number of anilines is 2. The number of aromatic nitrogens is 2. The van der Waals surface area contributed by atoms with Crippen LogP contribution < -0.4 is 16.2 Å². The Morgan fingerprint density at radius 3 is 3.22 bits per heavy atom. The summed E-state index contributed by atoms with van der Waals surface area (Å²) in [5.41, 5.74) is 2.53. The summed E-state index contributed by atoms with van der Waals surface area (Å²) in [7, 11) is 0. The second-order valence-corrected chi connectivity index (χ2v) is 5.18. The van der Waals surface area contributed by atoms with E-state index in [1.807, 2.05) is 5.38 Å². The molecule has 2 aromatic heterocycles. The van der Waals surface area contributed by atoms with Crippen LogP contribution in [-0.4, -0.2) is 35.8 Å². The standard InChI is InChI=1S/C11H15N5OS/c1-7-6-16(3-4-17-7)9-8-2-5-18-10(8)14-11(13-9)15-12/h2,5,7H,3-4,6,12H2,1H3,(H,13,14,15). The van der Waals surface area contributed by atoms with Gasteiger partial charge in [0.2, 0.25) is 5.95 Å². The zero-order valence-corrected chi connectivity index (χ0v) is 10.9.